The molecule has 1 atom stereocenters. The Kier molecular flexibility index (Phi) is 5.01. The zero-order chi connectivity index (χ0) is 17.2. The number of carbonyl (C=O) groups excluding carboxylic acids is 2. The van der Waals surface area contributed by atoms with Crippen molar-refractivity contribution in [2.75, 3.05) is 39.3 Å². The number of esters is 1. The zero-order valence-electron chi connectivity index (χ0n) is 13.9. The molecule has 0 radical (unpaired) electrons. The molecule has 0 bridgehead atoms. The second-order valence-corrected chi connectivity index (χ2v) is 6.66. The Morgan fingerprint density at radius 2 is 2.00 bits per heavy atom. The summed E-state index contributed by atoms with van der Waals surface area (Å²) < 4.78 is 5.06. The number of fused-ring (bicyclic) bond motifs is 1. The second-order valence-electron chi connectivity index (χ2n) is 6.66. The lowest BCUT2D eigenvalue weighted by molar-refractivity contribution is -0.153. The van der Waals surface area contributed by atoms with E-state index >= 15 is 0 Å². The highest BCUT2D eigenvalue weighted by Gasteiger charge is 2.42. The van der Waals surface area contributed by atoms with Gasteiger partial charge in [-0.15, -0.1) is 0 Å². The van der Waals surface area contributed by atoms with Crippen LogP contribution in [0.5, 0.6) is 0 Å². The number of carbonyl (C=O) groups is 3. The molecule has 2 heterocycles. The number of nitrogens with zero attached hydrogens (tertiary/aromatic N) is 3. The fourth-order valence-corrected chi connectivity index (χ4v) is 2.98. The third kappa shape index (κ3) is 3.68. The predicted octanol–water partition coefficient (Wildman–Crippen LogP) is 1.07. The van der Waals surface area contributed by atoms with Gasteiger partial charge >= 0.3 is 18.1 Å². The number of amides is 3. The van der Waals surface area contributed by atoms with Crippen molar-refractivity contribution in [2.45, 2.75) is 33.2 Å². The molecule has 0 spiro atoms. The molecule has 2 aliphatic rings. The Morgan fingerprint density at radius 1 is 1.30 bits per heavy atom. The van der Waals surface area contributed by atoms with E-state index in [1.54, 1.807) is 16.7 Å². The van der Waals surface area contributed by atoms with Crippen LogP contribution in [0.15, 0.2) is 0 Å². The highest BCUT2D eigenvalue weighted by molar-refractivity contribution is 5.78. The van der Waals surface area contributed by atoms with Gasteiger partial charge in [-0.2, -0.15) is 0 Å². The summed E-state index contributed by atoms with van der Waals surface area (Å²) in [5.41, 5.74) is -0.646. The van der Waals surface area contributed by atoms with Crippen molar-refractivity contribution in [2.24, 2.45) is 5.41 Å². The maximum atomic E-state index is 12.4. The SMILES string of the molecule is CCOC(=O)C(C)(C)CCN1CC2CN(C(=O)O)CCN2C1=O. The third-order valence-corrected chi connectivity index (χ3v) is 4.54. The summed E-state index contributed by atoms with van der Waals surface area (Å²) in [7, 11) is 0. The van der Waals surface area contributed by atoms with Crippen molar-refractivity contribution >= 4 is 18.1 Å². The molecule has 2 aliphatic heterocycles. The Hall–Kier alpha value is -1.99. The normalized spacial score (nSPS) is 21.4. The van der Waals surface area contributed by atoms with Crippen LogP contribution in [-0.4, -0.2) is 83.3 Å². The van der Waals surface area contributed by atoms with Crippen molar-refractivity contribution in [3.8, 4) is 0 Å². The first-order valence-corrected chi connectivity index (χ1v) is 7.97. The van der Waals surface area contributed by atoms with Gasteiger partial charge in [0, 0.05) is 32.7 Å². The van der Waals surface area contributed by atoms with E-state index in [2.05, 4.69) is 0 Å². The molecule has 2 saturated heterocycles. The average Bonchev–Trinajstić information content (AvgIpc) is 2.81. The first-order chi connectivity index (χ1) is 10.8. The van der Waals surface area contributed by atoms with Crippen LogP contribution in [0, 0.1) is 5.41 Å². The van der Waals surface area contributed by atoms with Crippen LogP contribution in [0.25, 0.3) is 0 Å². The molecule has 3 amide bonds. The third-order valence-electron chi connectivity index (χ3n) is 4.54. The van der Waals surface area contributed by atoms with Crippen LogP contribution in [0.3, 0.4) is 0 Å². The minimum Gasteiger partial charge on any atom is -0.466 e. The maximum absolute atomic E-state index is 12.4. The van der Waals surface area contributed by atoms with E-state index in [-0.39, 0.29) is 18.0 Å². The van der Waals surface area contributed by atoms with E-state index in [1.807, 2.05) is 13.8 Å². The molecule has 0 saturated carbocycles. The quantitative estimate of drug-likeness (QED) is 0.763. The monoisotopic (exact) mass is 327 g/mol. The molecule has 0 aromatic heterocycles. The van der Waals surface area contributed by atoms with Crippen molar-refractivity contribution in [3.05, 3.63) is 0 Å². The number of carboxylic acid groups (broad SMARTS) is 1. The molecule has 0 aromatic carbocycles. The standard InChI is InChI=1S/C15H25N3O5/c1-4-23-12(19)15(2,3)5-6-16-9-11-10-17(14(21)22)7-8-18(11)13(16)20/h11H,4-10H2,1-3H3,(H,21,22). The van der Waals surface area contributed by atoms with E-state index in [0.29, 0.717) is 45.8 Å². The van der Waals surface area contributed by atoms with E-state index in [4.69, 9.17) is 9.84 Å². The van der Waals surface area contributed by atoms with E-state index < -0.39 is 11.5 Å². The van der Waals surface area contributed by atoms with Gasteiger partial charge in [-0.1, -0.05) is 0 Å². The van der Waals surface area contributed by atoms with Crippen LogP contribution in [0.1, 0.15) is 27.2 Å². The number of rotatable bonds is 5. The molecule has 2 rings (SSSR count). The van der Waals surface area contributed by atoms with Gasteiger partial charge < -0.3 is 24.5 Å². The van der Waals surface area contributed by atoms with Gasteiger partial charge in [0.2, 0.25) is 0 Å². The molecule has 130 valence electrons. The summed E-state index contributed by atoms with van der Waals surface area (Å²) in [6.07, 6.45) is -0.431. The first-order valence-electron chi connectivity index (χ1n) is 7.97. The lowest BCUT2D eigenvalue weighted by atomic mass is 9.89. The highest BCUT2D eigenvalue weighted by atomic mass is 16.5. The molecule has 2 fully saturated rings. The van der Waals surface area contributed by atoms with Gasteiger partial charge in [0.25, 0.3) is 0 Å². The van der Waals surface area contributed by atoms with Crippen LogP contribution in [-0.2, 0) is 9.53 Å². The lowest BCUT2D eigenvalue weighted by Crippen LogP contribution is -2.53. The van der Waals surface area contributed by atoms with Crippen molar-refractivity contribution in [1.29, 1.82) is 0 Å². The Labute approximate surface area is 136 Å². The van der Waals surface area contributed by atoms with Crippen LogP contribution >= 0.6 is 0 Å². The summed E-state index contributed by atoms with van der Waals surface area (Å²) in [5.74, 6) is -0.263. The van der Waals surface area contributed by atoms with Crippen LogP contribution < -0.4 is 0 Å². The van der Waals surface area contributed by atoms with Gasteiger partial charge in [0.15, 0.2) is 0 Å². The van der Waals surface area contributed by atoms with Gasteiger partial charge in [-0.05, 0) is 27.2 Å². The number of piperazine rings is 1. The largest absolute Gasteiger partial charge is 0.466 e. The summed E-state index contributed by atoms with van der Waals surface area (Å²) in [6, 6.07) is -0.169. The molecule has 23 heavy (non-hydrogen) atoms. The molecule has 8 heteroatoms. The zero-order valence-corrected chi connectivity index (χ0v) is 13.9. The van der Waals surface area contributed by atoms with Gasteiger partial charge in [-0.25, -0.2) is 9.59 Å². The molecule has 1 unspecified atom stereocenters. The van der Waals surface area contributed by atoms with Crippen LogP contribution in [0.2, 0.25) is 0 Å². The van der Waals surface area contributed by atoms with Crippen LogP contribution in [0.4, 0.5) is 9.59 Å². The van der Waals surface area contributed by atoms with E-state index in [1.165, 1.54) is 4.90 Å². The molecule has 0 aliphatic carbocycles. The topological polar surface area (TPSA) is 90.4 Å². The predicted molar refractivity (Wildman–Crippen MR) is 82.1 cm³/mol. The molecular weight excluding hydrogens is 302 g/mol. The molecule has 8 nitrogen and oxygen atoms in total. The summed E-state index contributed by atoms with van der Waals surface area (Å²) in [6.45, 7) is 7.81. The highest BCUT2D eigenvalue weighted by Crippen LogP contribution is 2.26. The summed E-state index contributed by atoms with van der Waals surface area (Å²) in [4.78, 5) is 40.2. The maximum Gasteiger partial charge on any atom is 0.407 e. The molecule has 0 aromatic rings. The number of urea groups is 1. The minimum absolute atomic E-state index is 0.0697. The molecule has 1 N–H and O–H groups in total. The van der Waals surface area contributed by atoms with Crippen molar-refractivity contribution < 1.29 is 24.2 Å². The smallest absolute Gasteiger partial charge is 0.407 e. The van der Waals surface area contributed by atoms with Crippen molar-refractivity contribution in [1.82, 2.24) is 14.7 Å². The lowest BCUT2D eigenvalue weighted by Gasteiger charge is -2.34. The summed E-state index contributed by atoms with van der Waals surface area (Å²) >= 11 is 0. The second kappa shape index (κ2) is 6.64. The van der Waals surface area contributed by atoms with Crippen molar-refractivity contribution in [3.63, 3.8) is 0 Å². The van der Waals surface area contributed by atoms with Gasteiger partial charge in [-0.3, -0.25) is 4.79 Å². The first kappa shape index (κ1) is 17.4. The number of ether oxygens (including phenoxy) is 1. The average molecular weight is 327 g/mol. The number of hydrogen-bond acceptors (Lipinski definition) is 4. The minimum atomic E-state index is -0.945. The van der Waals surface area contributed by atoms with E-state index in [9.17, 15) is 14.4 Å². The Morgan fingerprint density at radius 3 is 2.61 bits per heavy atom. The Bertz CT molecular complexity index is 494. The molecular formula is C15H25N3O5. The van der Waals surface area contributed by atoms with Gasteiger partial charge in [0.05, 0.1) is 18.1 Å². The Balaban J connectivity index is 1.92. The fraction of sp³-hybridized carbons (Fsp3) is 0.800. The van der Waals surface area contributed by atoms with E-state index in [0.717, 1.165) is 0 Å². The summed E-state index contributed by atoms with van der Waals surface area (Å²) in [5, 5.41) is 9.07. The van der Waals surface area contributed by atoms with Gasteiger partial charge in [0.1, 0.15) is 0 Å². The fourth-order valence-electron chi connectivity index (χ4n) is 2.98. The number of hydrogen-bond donors (Lipinski definition) is 1.